The number of carbonyl (C=O) groups excluding carboxylic acids is 1. The van der Waals surface area contributed by atoms with Crippen molar-refractivity contribution in [1.82, 2.24) is 9.78 Å². The van der Waals surface area contributed by atoms with Gasteiger partial charge < -0.3 is 0 Å². The third-order valence-corrected chi connectivity index (χ3v) is 3.74. The van der Waals surface area contributed by atoms with E-state index in [2.05, 4.69) is 5.10 Å². The molecular weight excluding hydrogens is 256 g/mol. The van der Waals surface area contributed by atoms with Gasteiger partial charge >= 0.3 is 0 Å². The van der Waals surface area contributed by atoms with E-state index in [-0.39, 0.29) is 0 Å². The molecule has 0 amide bonds. The number of nitrogens with zero attached hydrogens (tertiary/aromatic N) is 2. The molecule has 0 radical (unpaired) electrons. The summed E-state index contributed by atoms with van der Waals surface area (Å²) in [6.45, 7) is 1.83. The number of halogens is 1. The molecule has 0 bridgehead atoms. The molecule has 0 saturated heterocycles. The summed E-state index contributed by atoms with van der Waals surface area (Å²) in [5.41, 5.74) is 1.38. The maximum atomic E-state index is 11.0. The highest BCUT2D eigenvalue weighted by atomic mass is 35.5. The Morgan fingerprint density at radius 1 is 1.47 bits per heavy atom. The first-order valence-corrected chi connectivity index (χ1v) is 6.23. The number of aldehydes is 1. The highest BCUT2D eigenvalue weighted by Crippen LogP contribution is 2.31. The zero-order valence-corrected chi connectivity index (χ0v) is 11.0. The Balaban J connectivity index is 2.39. The van der Waals surface area contributed by atoms with E-state index in [0.29, 0.717) is 10.6 Å². The number of rotatable bonds is 3. The molecule has 0 atom stereocenters. The van der Waals surface area contributed by atoms with Gasteiger partial charge in [-0.2, -0.15) is 5.10 Å². The van der Waals surface area contributed by atoms with Gasteiger partial charge in [-0.05, 0) is 25.1 Å². The minimum atomic E-state index is 0.637. The standard InChI is InChI=1S/C12H11ClN2OS/c1-8-11(7-16)12(15(2)14-8)17-10-5-3-4-9(13)6-10/h3-7H,1-2H3. The van der Waals surface area contributed by atoms with Crippen molar-refractivity contribution in [3.8, 4) is 0 Å². The molecule has 2 aromatic rings. The van der Waals surface area contributed by atoms with Gasteiger partial charge in [0.15, 0.2) is 6.29 Å². The molecule has 1 heterocycles. The average molecular weight is 267 g/mol. The highest BCUT2D eigenvalue weighted by molar-refractivity contribution is 7.99. The van der Waals surface area contributed by atoms with Crippen molar-refractivity contribution in [1.29, 1.82) is 0 Å². The van der Waals surface area contributed by atoms with E-state index in [4.69, 9.17) is 11.6 Å². The number of benzene rings is 1. The molecule has 88 valence electrons. The monoisotopic (exact) mass is 266 g/mol. The van der Waals surface area contributed by atoms with Crippen molar-refractivity contribution < 1.29 is 4.79 Å². The van der Waals surface area contributed by atoms with E-state index in [1.807, 2.05) is 38.2 Å². The quantitative estimate of drug-likeness (QED) is 0.799. The number of hydrogen-bond donors (Lipinski definition) is 0. The van der Waals surface area contributed by atoms with E-state index in [1.165, 1.54) is 11.8 Å². The lowest BCUT2D eigenvalue weighted by Gasteiger charge is -2.03. The number of aromatic nitrogens is 2. The fraction of sp³-hybridized carbons (Fsp3) is 0.167. The molecule has 17 heavy (non-hydrogen) atoms. The number of aryl methyl sites for hydroxylation is 2. The maximum Gasteiger partial charge on any atom is 0.154 e. The summed E-state index contributed by atoms with van der Waals surface area (Å²) in [7, 11) is 1.83. The first-order valence-electron chi connectivity index (χ1n) is 5.04. The molecular formula is C12H11ClN2OS. The summed E-state index contributed by atoms with van der Waals surface area (Å²) in [5, 5.41) is 5.75. The Morgan fingerprint density at radius 3 is 2.88 bits per heavy atom. The summed E-state index contributed by atoms with van der Waals surface area (Å²) in [6.07, 6.45) is 0.842. The van der Waals surface area contributed by atoms with Gasteiger partial charge in [0.2, 0.25) is 0 Å². The first kappa shape index (κ1) is 12.2. The van der Waals surface area contributed by atoms with Crippen molar-refractivity contribution in [2.75, 3.05) is 0 Å². The van der Waals surface area contributed by atoms with Crippen LogP contribution in [0.2, 0.25) is 5.02 Å². The molecule has 0 aliphatic heterocycles. The molecule has 0 N–H and O–H groups in total. The fourth-order valence-electron chi connectivity index (χ4n) is 1.55. The lowest BCUT2D eigenvalue weighted by atomic mass is 10.3. The molecule has 1 aromatic heterocycles. The molecule has 3 nitrogen and oxygen atoms in total. The smallest absolute Gasteiger partial charge is 0.154 e. The minimum Gasteiger partial charge on any atom is -0.298 e. The van der Waals surface area contributed by atoms with Crippen LogP contribution in [-0.2, 0) is 7.05 Å². The first-order chi connectivity index (χ1) is 8.11. The van der Waals surface area contributed by atoms with Crippen molar-refractivity contribution in [3.05, 3.63) is 40.5 Å². The van der Waals surface area contributed by atoms with Gasteiger partial charge in [0.25, 0.3) is 0 Å². The van der Waals surface area contributed by atoms with Gasteiger partial charge in [-0.1, -0.05) is 29.4 Å². The van der Waals surface area contributed by atoms with Crippen molar-refractivity contribution in [2.45, 2.75) is 16.8 Å². The molecule has 0 aliphatic rings. The van der Waals surface area contributed by atoms with E-state index in [1.54, 1.807) is 4.68 Å². The van der Waals surface area contributed by atoms with Crippen molar-refractivity contribution in [2.24, 2.45) is 7.05 Å². The topological polar surface area (TPSA) is 34.9 Å². The number of carbonyl (C=O) groups is 1. The highest BCUT2D eigenvalue weighted by Gasteiger charge is 2.13. The van der Waals surface area contributed by atoms with Crippen molar-refractivity contribution in [3.63, 3.8) is 0 Å². The van der Waals surface area contributed by atoms with Gasteiger partial charge in [0.1, 0.15) is 5.03 Å². The van der Waals surface area contributed by atoms with Crippen LogP contribution in [0.3, 0.4) is 0 Å². The van der Waals surface area contributed by atoms with E-state index in [9.17, 15) is 4.79 Å². The fourth-order valence-corrected chi connectivity index (χ4v) is 2.84. The van der Waals surface area contributed by atoms with Crippen LogP contribution in [0.25, 0.3) is 0 Å². The predicted molar refractivity (Wildman–Crippen MR) is 68.9 cm³/mol. The third kappa shape index (κ3) is 2.53. The van der Waals surface area contributed by atoms with Crippen LogP contribution in [0.5, 0.6) is 0 Å². The maximum absolute atomic E-state index is 11.0. The van der Waals surface area contributed by atoms with Crippen molar-refractivity contribution >= 4 is 29.6 Å². The third-order valence-electron chi connectivity index (χ3n) is 2.34. The zero-order valence-electron chi connectivity index (χ0n) is 9.48. The van der Waals surface area contributed by atoms with Crippen LogP contribution in [-0.4, -0.2) is 16.1 Å². The molecule has 0 aliphatic carbocycles. The van der Waals surface area contributed by atoms with Gasteiger partial charge in [-0.15, -0.1) is 0 Å². The Bertz CT molecular complexity index is 566. The minimum absolute atomic E-state index is 0.637. The van der Waals surface area contributed by atoms with Gasteiger partial charge in [-0.25, -0.2) is 0 Å². The Kier molecular flexibility index (Phi) is 3.54. The van der Waals surface area contributed by atoms with Crippen LogP contribution < -0.4 is 0 Å². The molecule has 0 spiro atoms. The molecule has 2 rings (SSSR count). The van der Waals surface area contributed by atoms with E-state index < -0.39 is 0 Å². The molecule has 1 aromatic carbocycles. The van der Waals surface area contributed by atoms with Crippen LogP contribution in [0, 0.1) is 6.92 Å². The largest absolute Gasteiger partial charge is 0.298 e. The Morgan fingerprint density at radius 2 is 2.24 bits per heavy atom. The average Bonchev–Trinajstić information content (AvgIpc) is 2.53. The summed E-state index contributed by atoms with van der Waals surface area (Å²) >= 11 is 7.41. The Hall–Kier alpha value is -1.26. The lowest BCUT2D eigenvalue weighted by molar-refractivity contribution is 0.112. The predicted octanol–water partition coefficient (Wildman–Crippen LogP) is 3.35. The summed E-state index contributed by atoms with van der Waals surface area (Å²) < 4.78 is 1.71. The van der Waals surface area contributed by atoms with E-state index >= 15 is 0 Å². The zero-order chi connectivity index (χ0) is 12.4. The summed E-state index contributed by atoms with van der Waals surface area (Å²) in [5.74, 6) is 0. The van der Waals surface area contributed by atoms with Gasteiger partial charge in [0, 0.05) is 17.0 Å². The normalized spacial score (nSPS) is 10.5. The Labute approximate surface area is 109 Å². The lowest BCUT2D eigenvalue weighted by Crippen LogP contribution is -1.93. The molecule has 0 fully saturated rings. The SMILES string of the molecule is Cc1nn(C)c(Sc2cccc(Cl)c2)c1C=O. The second-order valence-corrected chi connectivity index (χ2v) is 5.10. The van der Waals surface area contributed by atoms with Crippen LogP contribution >= 0.6 is 23.4 Å². The summed E-state index contributed by atoms with van der Waals surface area (Å²) in [4.78, 5) is 12.0. The second-order valence-electron chi connectivity index (χ2n) is 3.61. The molecule has 0 unspecified atom stereocenters. The molecule has 5 heteroatoms. The van der Waals surface area contributed by atoms with Gasteiger partial charge in [-0.3, -0.25) is 9.48 Å². The number of hydrogen-bond acceptors (Lipinski definition) is 3. The van der Waals surface area contributed by atoms with Gasteiger partial charge in [0.05, 0.1) is 11.3 Å². The van der Waals surface area contributed by atoms with Crippen LogP contribution in [0.15, 0.2) is 34.2 Å². The second kappa shape index (κ2) is 4.94. The summed E-state index contributed by atoms with van der Waals surface area (Å²) in [6, 6.07) is 7.52. The van der Waals surface area contributed by atoms with E-state index in [0.717, 1.165) is 21.9 Å². The van der Waals surface area contributed by atoms with Crippen LogP contribution in [0.4, 0.5) is 0 Å². The molecule has 0 saturated carbocycles. The van der Waals surface area contributed by atoms with Crippen LogP contribution in [0.1, 0.15) is 16.1 Å².